The second kappa shape index (κ2) is 5.33. The number of nitrogens with two attached hydrogens (primary N) is 1. The van der Waals surface area contributed by atoms with Crippen molar-refractivity contribution in [1.82, 2.24) is 5.32 Å². The smallest absolute Gasteiger partial charge is 0.227 e. The van der Waals surface area contributed by atoms with Gasteiger partial charge in [0.2, 0.25) is 5.91 Å². The normalized spacial score (nSPS) is 17.0. The van der Waals surface area contributed by atoms with Crippen molar-refractivity contribution in [1.29, 1.82) is 0 Å². The van der Waals surface area contributed by atoms with E-state index >= 15 is 0 Å². The molecule has 1 amide bonds. The molecule has 0 saturated heterocycles. The Morgan fingerprint density at radius 1 is 1.32 bits per heavy atom. The van der Waals surface area contributed by atoms with E-state index in [1.54, 1.807) is 0 Å². The molecule has 3 heteroatoms. The molecular weight excluding hydrogens is 236 g/mol. The van der Waals surface area contributed by atoms with Gasteiger partial charge in [-0.2, -0.15) is 0 Å². The first kappa shape index (κ1) is 14.1. The van der Waals surface area contributed by atoms with E-state index in [0.29, 0.717) is 6.54 Å². The molecule has 0 bridgehead atoms. The Morgan fingerprint density at radius 3 is 2.47 bits per heavy atom. The fourth-order valence-corrected chi connectivity index (χ4v) is 2.28. The van der Waals surface area contributed by atoms with Crippen molar-refractivity contribution in [3.8, 4) is 0 Å². The van der Waals surface area contributed by atoms with Gasteiger partial charge in [0.15, 0.2) is 0 Å². The number of amides is 1. The molecule has 0 aromatic heterocycles. The van der Waals surface area contributed by atoms with Gasteiger partial charge in [-0.3, -0.25) is 4.79 Å². The molecule has 1 aromatic rings. The van der Waals surface area contributed by atoms with Crippen LogP contribution in [0.1, 0.15) is 38.7 Å². The zero-order chi connectivity index (χ0) is 13.9. The van der Waals surface area contributed by atoms with Gasteiger partial charge < -0.3 is 11.1 Å². The van der Waals surface area contributed by atoms with Crippen molar-refractivity contribution in [3.05, 3.63) is 35.9 Å². The highest BCUT2D eigenvalue weighted by atomic mass is 16.2. The largest absolute Gasteiger partial charge is 0.351 e. The first-order chi connectivity index (χ1) is 8.97. The van der Waals surface area contributed by atoms with Gasteiger partial charge in [0.05, 0.1) is 5.41 Å². The van der Waals surface area contributed by atoms with Crippen molar-refractivity contribution in [3.63, 3.8) is 0 Å². The predicted molar refractivity (Wildman–Crippen MR) is 77.7 cm³/mol. The maximum absolute atomic E-state index is 12.2. The summed E-state index contributed by atoms with van der Waals surface area (Å²) in [5, 5.41) is 3.16. The third kappa shape index (κ3) is 3.57. The first-order valence-corrected chi connectivity index (χ1v) is 7.04. The molecule has 0 heterocycles. The molecule has 1 aliphatic carbocycles. The lowest BCUT2D eigenvalue weighted by Gasteiger charge is -2.28. The fraction of sp³-hybridized carbons (Fsp3) is 0.562. The van der Waals surface area contributed by atoms with Gasteiger partial charge in [-0.1, -0.05) is 30.3 Å². The number of aryl methyl sites for hydroxylation is 1. The minimum absolute atomic E-state index is 0.132. The maximum Gasteiger partial charge on any atom is 0.227 e. The number of rotatable bonds is 6. The highest BCUT2D eigenvalue weighted by Crippen LogP contribution is 2.45. The van der Waals surface area contributed by atoms with E-state index in [9.17, 15) is 4.79 Å². The van der Waals surface area contributed by atoms with E-state index in [-0.39, 0.29) is 16.9 Å². The molecule has 0 atom stereocenters. The summed E-state index contributed by atoms with van der Waals surface area (Å²) >= 11 is 0. The average Bonchev–Trinajstić information content (AvgIpc) is 3.18. The van der Waals surface area contributed by atoms with Gasteiger partial charge in [0.25, 0.3) is 0 Å². The zero-order valence-electron chi connectivity index (χ0n) is 11.9. The number of hydrogen-bond acceptors (Lipinski definition) is 2. The summed E-state index contributed by atoms with van der Waals surface area (Å²) < 4.78 is 0. The van der Waals surface area contributed by atoms with Crippen LogP contribution in [0.25, 0.3) is 0 Å². The van der Waals surface area contributed by atoms with Gasteiger partial charge >= 0.3 is 0 Å². The lowest BCUT2D eigenvalue weighted by Crippen LogP contribution is -2.48. The Morgan fingerprint density at radius 2 is 1.95 bits per heavy atom. The first-order valence-electron chi connectivity index (χ1n) is 7.04. The molecule has 0 aliphatic heterocycles. The van der Waals surface area contributed by atoms with Crippen LogP contribution in [0.2, 0.25) is 0 Å². The Balaban J connectivity index is 1.86. The van der Waals surface area contributed by atoms with Gasteiger partial charge in [0, 0.05) is 12.1 Å². The Hall–Kier alpha value is -1.35. The van der Waals surface area contributed by atoms with Crippen LogP contribution in [0.5, 0.6) is 0 Å². The lowest BCUT2D eigenvalue weighted by molar-refractivity contribution is -0.127. The van der Waals surface area contributed by atoms with Gasteiger partial charge in [-0.25, -0.2) is 0 Å². The van der Waals surface area contributed by atoms with Crippen molar-refractivity contribution >= 4 is 5.91 Å². The van der Waals surface area contributed by atoms with Crippen LogP contribution in [0.3, 0.4) is 0 Å². The van der Waals surface area contributed by atoms with Crippen molar-refractivity contribution in [2.45, 2.75) is 45.1 Å². The van der Waals surface area contributed by atoms with Crippen LogP contribution in [-0.4, -0.2) is 18.0 Å². The summed E-state index contributed by atoms with van der Waals surface area (Å²) in [6.07, 6.45) is 3.78. The summed E-state index contributed by atoms with van der Waals surface area (Å²) in [6.45, 7) is 4.63. The molecule has 0 unspecified atom stereocenters. The quantitative estimate of drug-likeness (QED) is 0.824. The minimum atomic E-state index is -0.260. The van der Waals surface area contributed by atoms with Gasteiger partial charge in [0.1, 0.15) is 0 Å². The van der Waals surface area contributed by atoms with E-state index < -0.39 is 0 Å². The second-order valence-electron chi connectivity index (χ2n) is 6.31. The van der Waals surface area contributed by atoms with E-state index in [1.165, 1.54) is 5.56 Å². The van der Waals surface area contributed by atoms with Crippen molar-refractivity contribution in [2.24, 2.45) is 11.1 Å². The molecule has 1 aromatic carbocycles. The summed E-state index contributed by atoms with van der Waals surface area (Å²) in [5.74, 6) is 0.132. The Bertz CT molecular complexity index is 435. The SMILES string of the molecule is CC(C)(CCc1ccccc1)NC(=O)C1(CN)CC1. The Labute approximate surface area is 115 Å². The van der Waals surface area contributed by atoms with Crippen LogP contribution in [0, 0.1) is 5.41 Å². The molecular formula is C16H24N2O. The van der Waals surface area contributed by atoms with E-state index in [2.05, 4.69) is 43.4 Å². The molecule has 1 saturated carbocycles. The molecule has 1 aliphatic rings. The molecule has 3 nitrogen and oxygen atoms in total. The third-order valence-corrected chi connectivity index (χ3v) is 4.06. The second-order valence-corrected chi connectivity index (χ2v) is 6.31. The topological polar surface area (TPSA) is 55.1 Å². The van der Waals surface area contributed by atoms with E-state index in [0.717, 1.165) is 25.7 Å². The molecule has 1 fully saturated rings. The average molecular weight is 260 g/mol. The Kier molecular flexibility index (Phi) is 3.95. The number of hydrogen-bond donors (Lipinski definition) is 2. The zero-order valence-corrected chi connectivity index (χ0v) is 11.9. The minimum Gasteiger partial charge on any atom is -0.351 e. The number of nitrogens with one attached hydrogen (secondary N) is 1. The van der Waals surface area contributed by atoms with Crippen LogP contribution < -0.4 is 11.1 Å². The van der Waals surface area contributed by atoms with Crippen LogP contribution in [0.4, 0.5) is 0 Å². The highest BCUT2D eigenvalue weighted by Gasteiger charge is 2.49. The molecule has 104 valence electrons. The highest BCUT2D eigenvalue weighted by molar-refractivity contribution is 5.86. The maximum atomic E-state index is 12.2. The number of benzene rings is 1. The van der Waals surface area contributed by atoms with E-state index in [1.807, 2.05) is 6.07 Å². The third-order valence-electron chi connectivity index (χ3n) is 4.06. The molecule has 2 rings (SSSR count). The standard InChI is InChI=1S/C16H24N2O/c1-15(2,9-8-13-6-4-3-5-7-13)18-14(19)16(12-17)10-11-16/h3-7H,8-12,17H2,1-2H3,(H,18,19). The van der Waals surface area contributed by atoms with Crippen LogP contribution >= 0.6 is 0 Å². The summed E-state index contributed by atoms with van der Waals surface area (Å²) in [5.41, 5.74) is 6.56. The summed E-state index contributed by atoms with van der Waals surface area (Å²) in [4.78, 5) is 12.2. The lowest BCUT2D eigenvalue weighted by atomic mass is 9.93. The number of carbonyl (C=O) groups is 1. The molecule has 0 spiro atoms. The van der Waals surface area contributed by atoms with Crippen molar-refractivity contribution in [2.75, 3.05) is 6.54 Å². The predicted octanol–water partition coefficient (Wildman–Crippen LogP) is 2.25. The van der Waals surface area contributed by atoms with Gasteiger partial charge in [-0.05, 0) is 45.1 Å². The summed E-state index contributed by atoms with van der Waals surface area (Å²) in [7, 11) is 0. The monoisotopic (exact) mass is 260 g/mol. The number of carbonyl (C=O) groups excluding carboxylic acids is 1. The molecule has 3 N–H and O–H groups in total. The molecule has 19 heavy (non-hydrogen) atoms. The van der Waals surface area contributed by atoms with Crippen LogP contribution in [-0.2, 0) is 11.2 Å². The van der Waals surface area contributed by atoms with Crippen LogP contribution in [0.15, 0.2) is 30.3 Å². The fourth-order valence-electron chi connectivity index (χ4n) is 2.28. The van der Waals surface area contributed by atoms with Crippen molar-refractivity contribution < 1.29 is 4.79 Å². The molecule has 0 radical (unpaired) electrons. The summed E-state index contributed by atoms with van der Waals surface area (Å²) in [6, 6.07) is 10.4. The van der Waals surface area contributed by atoms with E-state index in [4.69, 9.17) is 5.73 Å². The van der Waals surface area contributed by atoms with Gasteiger partial charge in [-0.15, -0.1) is 0 Å².